The van der Waals surface area contributed by atoms with Gasteiger partial charge in [-0.1, -0.05) is 36.8 Å². The molecule has 0 aliphatic heterocycles. The van der Waals surface area contributed by atoms with Crippen LogP contribution in [0.2, 0.25) is 0 Å². The maximum Gasteiger partial charge on any atom is 0.311 e. The number of ether oxygens (including phenoxy) is 1. The minimum absolute atomic E-state index is 0.0422. The molecular formula is C23H28N2O4. The predicted octanol–water partition coefficient (Wildman–Crippen LogP) is 3.01. The fourth-order valence-corrected chi connectivity index (χ4v) is 3.83. The van der Waals surface area contributed by atoms with Gasteiger partial charge in [-0.3, -0.25) is 9.59 Å². The SMILES string of the molecule is CCOC(=O)[C@H]1CCC[C@H](NCc2ccccc2)C1NC(=O)c1ccc(O)cc1. The number of rotatable bonds is 7. The number of aromatic hydroxyl groups is 1. The van der Waals surface area contributed by atoms with Crippen molar-refractivity contribution in [3.05, 3.63) is 65.7 Å². The molecule has 1 amide bonds. The van der Waals surface area contributed by atoms with E-state index in [1.165, 1.54) is 12.1 Å². The zero-order valence-electron chi connectivity index (χ0n) is 16.6. The number of hydrogen-bond acceptors (Lipinski definition) is 5. The van der Waals surface area contributed by atoms with Crippen LogP contribution in [0.1, 0.15) is 42.1 Å². The van der Waals surface area contributed by atoms with E-state index < -0.39 is 5.92 Å². The third-order valence-corrected chi connectivity index (χ3v) is 5.33. The van der Waals surface area contributed by atoms with Crippen molar-refractivity contribution in [2.24, 2.45) is 5.92 Å². The first-order valence-electron chi connectivity index (χ1n) is 10.1. The quantitative estimate of drug-likeness (QED) is 0.626. The minimum atomic E-state index is -0.391. The Kier molecular flexibility index (Phi) is 7.25. The lowest BCUT2D eigenvalue weighted by atomic mass is 9.80. The Labute approximate surface area is 171 Å². The minimum Gasteiger partial charge on any atom is -0.508 e. The predicted molar refractivity (Wildman–Crippen MR) is 110 cm³/mol. The first-order chi connectivity index (χ1) is 14.1. The summed E-state index contributed by atoms with van der Waals surface area (Å²) in [5.41, 5.74) is 1.59. The van der Waals surface area contributed by atoms with Crippen LogP contribution in [0, 0.1) is 5.92 Å². The highest BCUT2D eigenvalue weighted by atomic mass is 16.5. The Balaban J connectivity index is 1.76. The summed E-state index contributed by atoms with van der Waals surface area (Å²) >= 11 is 0. The van der Waals surface area contributed by atoms with E-state index in [1.54, 1.807) is 19.1 Å². The van der Waals surface area contributed by atoms with Gasteiger partial charge in [0.1, 0.15) is 5.75 Å². The summed E-state index contributed by atoms with van der Waals surface area (Å²) in [6, 6.07) is 15.7. The van der Waals surface area contributed by atoms with E-state index in [9.17, 15) is 14.7 Å². The molecule has 6 nitrogen and oxygen atoms in total. The van der Waals surface area contributed by atoms with E-state index in [-0.39, 0.29) is 29.7 Å². The second-order valence-corrected chi connectivity index (χ2v) is 7.31. The molecule has 3 atom stereocenters. The highest BCUT2D eigenvalue weighted by Crippen LogP contribution is 2.27. The van der Waals surface area contributed by atoms with Crippen molar-refractivity contribution in [1.29, 1.82) is 0 Å². The van der Waals surface area contributed by atoms with E-state index in [0.717, 1.165) is 18.4 Å². The summed E-state index contributed by atoms with van der Waals surface area (Å²) in [6.07, 6.45) is 2.44. The van der Waals surface area contributed by atoms with Gasteiger partial charge in [0, 0.05) is 18.2 Å². The van der Waals surface area contributed by atoms with Gasteiger partial charge in [0.2, 0.25) is 0 Å². The average molecular weight is 396 g/mol. The van der Waals surface area contributed by atoms with Gasteiger partial charge >= 0.3 is 5.97 Å². The summed E-state index contributed by atoms with van der Waals surface area (Å²) in [5.74, 6) is -0.823. The first-order valence-corrected chi connectivity index (χ1v) is 10.1. The van der Waals surface area contributed by atoms with E-state index in [2.05, 4.69) is 10.6 Å². The molecule has 0 spiro atoms. The molecule has 0 aromatic heterocycles. The molecule has 6 heteroatoms. The van der Waals surface area contributed by atoms with Crippen LogP contribution in [0.15, 0.2) is 54.6 Å². The van der Waals surface area contributed by atoms with E-state index in [1.807, 2.05) is 30.3 Å². The molecule has 29 heavy (non-hydrogen) atoms. The molecule has 1 aliphatic rings. The number of phenols is 1. The fourth-order valence-electron chi connectivity index (χ4n) is 3.83. The Morgan fingerprint density at radius 3 is 2.48 bits per heavy atom. The monoisotopic (exact) mass is 396 g/mol. The van der Waals surface area contributed by atoms with Crippen LogP contribution < -0.4 is 10.6 Å². The number of nitrogens with one attached hydrogen (secondary N) is 2. The van der Waals surface area contributed by atoms with Gasteiger partial charge in [-0.15, -0.1) is 0 Å². The zero-order chi connectivity index (χ0) is 20.6. The summed E-state index contributed by atoms with van der Waals surface area (Å²) in [7, 11) is 0. The zero-order valence-corrected chi connectivity index (χ0v) is 16.6. The van der Waals surface area contributed by atoms with Crippen molar-refractivity contribution in [2.45, 2.75) is 44.8 Å². The van der Waals surface area contributed by atoms with Crippen molar-refractivity contribution < 1.29 is 19.4 Å². The number of carbonyl (C=O) groups excluding carboxylic acids is 2. The van der Waals surface area contributed by atoms with Crippen molar-refractivity contribution in [3.8, 4) is 5.75 Å². The number of benzene rings is 2. The number of carbonyl (C=O) groups is 2. The fraction of sp³-hybridized carbons (Fsp3) is 0.391. The summed E-state index contributed by atoms with van der Waals surface area (Å²) in [6.45, 7) is 2.76. The van der Waals surface area contributed by atoms with Crippen LogP contribution in [0.3, 0.4) is 0 Å². The lowest BCUT2D eigenvalue weighted by molar-refractivity contribution is -0.150. The smallest absolute Gasteiger partial charge is 0.311 e. The lowest BCUT2D eigenvalue weighted by Gasteiger charge is -2.38. The number of esters is 1. The Morgan fingerprint density at radius 2 is 1.79 bits per heavy atom. The molecule has 1 fully saturated rings. The molecule has 154 valence electrons. The highest BCUT2D eigenvalue weighted by Gasteiger charge is 2.39. The van der Waals surface area contributed by atoms with Crippen LogP contribution in [-0.4, -0.2) is 35.7 Å². The van der Waals surface area contributed by atoms with E-state index >= 15 is 0 Å². The molecule has 2 aromatic carbocycles. The molecule has 0 saturated heterocycles. The molecule has 1 unspecified atom stereocenters. The maximum atomic E-state index is 12.8. The van der Waals surface area contributed by atoms with Crippen molar-refractivity contribution >= 4 is 11.9 Å². The highest BCUT2D eigenvalue weighted by molar-refractivity contribution is 5.95. The standard InChI is InChI=1S/C23H28N2O4/c1-2-29-23(28)19-9-6-10-20(24-15-16-7-4-3-5-8-16)21(19)25-22(27)17-11-13-18(26)14-12-17/h3-5,7-8,11-14,19-21,24,26H,2,6,9-10,15H2,1H3,(H,25,27)/t19-,20-,21?/m0/s1. The summed E-state index contributed by atoms with van der Waals surface area (Å²) in [4.78, 5) is 25.4. The van der Waals surface area contributed by atoms with Gasteiger partial charge < -0.3 is 20.5 Å². The summed E-state index contributed by atoms with van der Waals surface area (Å²) < 4.78 is 5.27. The maximum absolute atomic E-state index is 12.8. The van der Waals surface area contributed by atoms with Crippen LogP contribution in [-0.2, 0) is 16.1 Å². The van der Waals surface area contributed by atoms with E-state index in [0.29, 0.717) is 25.1 Å². The molecule has 3 rings (SSSR count). The Morgan fingerprint density at radius 1 is 1.07 bits per heavy atom. The number of amides is 1. The molecular weight excluding hydrogens is 368 g/mol. The second-order valence-electron chi connectivity index (χ2n) is 7.31. The van der Waals surface area contributed by atoms with Gasteiger partial charge in [0.25, 0.3) is 5.91 Å². The molecule has 0 heterocycles. The van der Waals surface area contributed by atoms with Crippen molar-refractivity contribution in [3.63, 3.8) is 0 Å². The Bertz CT molecular complexity index is 807. The molecule has 3 N–H and O–H groups in total. The summed E-state index contributed by atoms with van der Waals surface area (Å²) in [5, 5.41) is 16.0. The van der Waals surface area contributed by atoms with Crippen LogP contribution in [0.5, 0.6) is 5.75 Å². The second kappa shape index (κ2) is 10.1. The molecule has 2 aromatic rings. The lowest BCUT2D eigenvalue weighted by Crippen LogP contribution is -2.57. The van der Waals surface area contributed by atoms with Gasteiger partial charge in [0.15, 0.2) is 0 Å². The topological polar surface area (TPSA) is 87.7 Å². The Hall–Kier alpha value is -2.86. The van der Waals surface area contributed by atoms with Gasteiger partial charge in [-0.2, -0.15) is 0 Å². The van der Waals surface area contributed by atoms with Crippen LogP contribution in [0.25, 0.3) is 0 Å². The number of hydrogen-bond donors (Lipinski definition) is 3. The van der Waals surface area contributed by atoms with Crippen molar-refractivity contribution in [2.75, 3.05) is 6.61 Å². The molecule has 1 aliphatic carbocycles. The molecule has 1 saturated carbocycles. The average Bonchev–Trinajstić information content (AvgIpc) is 2.74. The third-order valence-electron chi connectivity index (χ3n) is 5.33. The van der Waals surface area contributed by atoms with Gasteiger partial charge in [-0.05, 0) is 49.6 Å². The molecule has 0 radical (unpaired) electrons. The van der Waals surface area contributed by atoms with Crippen LogP contribution >= 0.6 is 0 Å². The first kappa shape index (κ1) is 20.9. The van der Waals surface area contributed by atoms with Gasteiger partial charge in [0.05, 0.1) is 18.6 Å². The van der Waals surface area contributed by atoms with Gasteiger partial charge in [-0.25, -0.2) is 0 Å². The van der Waals surface area contributed by atoms with Crippen LogP contribution in [0.4, 0.5) is 0 Å². The van der Waals surface area contributed by atoms with Crippen molar-refractivity contribution in [1.82, 2.24) is 10.6 Å². The largest absolute Gasteiger partial charge is 0.508 e. The molecule has 0 bridgehead atoms. The third kappa shape index (κ3) is 5.57. The van der Waals surface area contributed by atoms with E-state index in [4.69, 9.17) is 4.74 Å². The number of phenolic OH excluding ortho intramolecular Hbond substituents is 1. The normalized spacial score (nSPS) is 21.3.